The molecule has 1 atom stereocenters. The Hall–Kier alpha value is -4.50. The van der Waals surface area contributed by atoms with Crippen LogP contribution in [0, 0.1) is 5.92 Å². The molecule has 4 rings (SSSR count). The molecule has 4 aromatic rings. The van der Waals surface area contributed by atoms with Crippen LogP contribution < -0.4 is 16.4 Å². The van der Waals surface area contributed by atoms with Crippen molar-refractivity contribution in [2.45, 2.75) is 57.2 Å². The van der Waals surface area contributed by atoms with Gasteiger partial charge in [-0.15, -0.1) is 0 Å². The summed E-state index contributed by atoms with van der Waals surface area (Å²) in [7, 11) is 4.91. The van der Waals surface area contributed by atoms with E-state index in [1.807, 2.05) is 42.3 Å². The predicted octanol–water partition coefficient (Wildman–Crippen LogP) is 4.91. The van der Waals surface area contributed by atoms with Crippen LogP contribution in [0.15, 0.2) is 59.9 Å². The summed E-state index contributed by atoms with van der Waals surface area (Å²) >= 11 is 0. The lowest BCUT2D eigenvalue weighted by atomic mass is 9.93. The number of ether oxygens (including phenoxy) is 2. The van der Waals surface area contributed by atoms with Crippen LogP contribution in [0.5, 0.6) is 0 Å². The number of carbonyl (C=O) groups is 3. The van der Waals surface area contributed by atoms with Gasteiger partial charge in [0.15, 0.2) is 22.8 Å². The number of nitrogens with zero attached hydrogens (tertiary/aromatic N) is 6. The smallest absolute Gasteiger partial charge is 0.309 e. The molecular formula is C32H38N8O5S2. The molecule has 0 aliphatic rings. The van der Waals surface area contributed by atoms with Crippen LogP contribution >= 0.6 is 21.6 Å². The summed E-state index contributed by atoms with van der Waals surface area (Å²) in [6.07, 6.45) is 3.33. The molecule has 0 aliphatic carbocycles. The summed E-state index contributed by atoms with van der Waals surface area (Å²) in [6, 6.07) is 12.7. The van der Waals surface area contributed by atoms with Crippen LogP contribution in [0.1, 0.15) is 56.1 Å². The summed E-state index contributed by atoms with van der Waals surface area (Å²) in [4.78, 5) is 61.7. The second-order valence-corrected chi connectivity index (χ2v) is 14.0. The van der Waals surface area contributed by atoms with Gasteiger partial charge in [0.05, 0.1) is 24.4 Å². The number of carbonyl (C=O) groups excluding carboxylic acids is 3. The summed E-state index contributed by atoms with van der Waals surface area (Å²) < 4.78 is 10.9. The Morgan fingerprint density at radius 2 is 1.77 bits per heavy atom. The minimum absolute atomic E-state index is 0.0121. The van der Waals surface area contributed by atoms with E-state index in [9.17, 15) is 14.4 Å². The summed E-state index contributed by atoms with van der Waals surface area (Å²) in [5.41, 5.74) is 13.4. The largest absolute Gasteiger partial charge is 0.465 e. The molecule has 0 saturated carbocycles. The number of ketones is 1. The molecule has 248 valence electrons. The van der Waals surface area contributed by atoms with Crippen molar-refractivity contribution in [2.24, 2.45) is 5.92 Å². The van der Waals surface area contributed by atoms with Gasteiger partial charge < -0.3 is 25.8 Å². The van der Waals surface area contributed by atoms with E-state index in [-0.39, 0.29) is 43.4 Å². The Bertz CT molecular complexity index is 1690. The van der Waals surface area contributed by atoms with E-state index < -0.39 is 23.5 Å². The predicted molar refractivity (Wildman–Crippen MR) is 184 cm³/mol. The van der Waals surface area contributed by atoms with Crippen molar-refractivity contribution in [3.8, 4) is 0 Å². The third kappa shape index (κ3) is 11.1. The van der Waals surface area contributed by atoms with Gasteiger partial charge in [-0.2, -0.15) is 9.97 Å². The summed E-state index contributed by atoms with van der Waals surface area (Å²) in [6.45, 7) is 5.91. The number of nitrogen functional groups attached to an aromatic ring is 2. The molecule has 0 bridgehead atoms. The fourth-order valence-corrected chi connectivity index (χ4v) is 6.08. The average Bonchev–Trinajstić information content (AvgIpc) is 3.02. The topological polar surface area (TPSA) is 189 Å². The zero-order chi connectivity index (χ0) is 34.0. The van der Waals surface area contributed by atoms with Crippen molar-refractivity contribution in [1.82, 2.24) is 24.9 Å². The lowest BCUT2D eigenvalue weighted by Gasteiger charge is -2.24. The first-order chi connectivity index (χ1) is 22.4. The molecule has 0 amide bonds. The highest BCUT2D eigenvalue weighted by Gasteiger charge is 2.28. The van der Waals surface area contributed by atoms with Crippen molar-refractivity contribution in [1.29, 1.82) is 0 Å². The number of Topliss-reactive ketones (excluding diaryl/α,β-unsaturated/α-hetero) is 1. The molecule has 4 N–H and O–H groups in total. The Morgan fingerprint density at radius 1 is 1.00 bits per heavy atom. The van der Waals surface area contributed by atoms with Gasteiger partial charge in [-0.1, -0.05) is 16.9 Å². The van der Waals surface area contributed by atoms with Crippen LogP contribution in [0.3, 0.4) is 0 Å². The van der Waals surface area contributed by atoms with E-state index in [1.54, 1.807) is 45.3 Å². The quantitative estimate of drug-likeness (QED) is 0.0746. The molecule has 0 unspecified atom stereocenters. The number of esters is 2. The van der Waals surface area contributed by atoms with Gasteiger partial charge in [0, 0.05) is 43.1 Å². The van der Waals surface area contributed by atoms with Gasteiger partial charge >= 0.3 is 11.9 Å². The van der Waals surface area contributed by atoms with E-state index in [0.29, 0.717) is 34.7 Å². The lowest BCUT2D eigenvalue weighted by molar-refractivity contribution is -0.160. The number of aromatic nitrogens is 5. The number of nitrogens with two attached hydrogens (primary N) is 2. The molecule has 13 nitrogen and oxygen atoms in total. The molecular weight excluding hydrogens is 641 g/mol. The molecule has 0 radical (unpaired) electrons. The number of anilines is 3. The number of hydrogen-bond acceptors (Lipinski definition) is 15. The maximum Gasteiger partial charge on any atom is 0.309 e. The van der Waals surface area contributed by atoms with E-state index in [2.05, 4.69) is 24.9 Å². The van der Waals surface area contributed by atoms with E-state index >= 15 is 0 Å². The second kappa shape index (κ2) is 16.4. The van der Waals surface area contributed by atoms with Crippen molar-refractivity contribution in [3.05, 3.63) is 66.1 Å². The molecule has 0 spiro atoms. The normalized spacial score (nSPS) is 12.0. The first-order valence-electron chi connectivity index (χ1n) is 14.9. The number of fused-ring (bicyclic) bond motifs is 1. The third-order valence-corrected chi connectivity index (χ3v) is 8.84. The highest BCUT2D eigenvalue weighted by molar-refractivity contribution is 8.76. The van der Waals surface area contributed by atoms with Crippen LogP contribution in [0.4, 0.5) is 17.5 Å². The minimum atomic E-state index is -0.802. The van der Waals surface area contributed by atoms with Gasteiger partial charge in [0.25, 0.3) is 0 Å². The molecule has 15 heteroatoms. The number of benzene rings is 1. The van der Waals surface area contributed by atoms with Gasteiger partial charge in [0.2, 0.25) is 5.95 Å². The number of hydrogen-bond donors (Lipinski definition) is 2. The first-order valence-corrected chi connectivity index (χ1v) is 17.2. The van der Waals surface area contributed by atoms with Gasteiger partial charge in [-0.3, -0.25) is 14.4 Å². The highest BCUT2D eigenvalue weighted by Crippen LogP contribution is 2.29. The first kappa shape index (κ1) is 35.4. The van der Waals surface area contributed by atoms with Gasteiger partial charge in [-0.05, 0) is 74.4 Å². The number of rotatable bonds is 15. The Kier molecular flexibility index (Phi) is 12.3. The Balaban J connectivity index is 1.31. The van der Waals surface area contributed by atoms with E-state index in [0.717, 1.165) is 10.7 Å². The molecule has 0 fully saturated rings. The standard InChI is InChI=1S/C32H38N8O5S2/c1-32(2,3)45-30(43)21(10-13-26(42)44-15-16-46-47-25-7-5-6-14-35-25)17-24(41)20-8-11-23(12-9-20)40(4)19-22-18-36-29-27(37-22)28(33)38-31(34)39-29/h5-9,11-12,14,18,21H,10,13,15-17,19H2,1-4H3,(H4,33,34,36,38,39)/t21-/m1/s1. The van der Waals surface area contributed by atoms with Gasteiger partial charge in [-0.25, -0.2) is 15.0 Å². The average molecular weight is 679 g/mol. The van der Waals surface area contributed by atoms with E-state index in [4.69, 9.17) is 20.9 Å². The maximum atomic E-state index is 13.3. The lowest BCUT2D eigenvalue weighted by Crippen LogP contribution is -2.30. The maximum absolute atomic E-state index is 13.3. The van der Waals surface area contributed by atoms with E-state index in [1.165, 1.54) is 21.6 Å². The van der Waals surface area contributed by atoms with Crippen molar-refractivity contribution in [3.63, 3.8) is 0 Å². The molecule has 3 aromatic heterocycles. The number of pyridine rings is 1. The molecule has 0 saturated heterocycles. The zero-order valence-electron chi connectivity index (χ0n) is 26.7. The molecule has 3 heterocycles. The molecule has 0 aliphatic heterocycles. The van der Waals surface area contributed by atoms with Crippen molar-refractivity contribution in [2.75, 3.05) is 35.8 Å². The minimum Gasteiger partial charge on any atom is -0.465 e. The van der Waals surface area contributed by atoms with Crippen molar-refractivity contribution < 1.29 is 23.9 Å². The SMILES string of the molecule is CN(Cc1cnc2nc(N)nc(N)c2n1)c1ccc(C(=O)C[C@@H](CCC(=O)OCCSSc2ccccn2)C(=O)OC(C)(C)C)cc1. The van der Waals surface area contributed by atoms with Crippen LogP contribution in [-0.2, 0) is 25.6 Å². The Labute approximate surface area is 281 Å². The highest BCUT2D eigenvalue weighted by atomic mass is 33.1. The Morgan fingerprint density at radius 3 is 2.47 bits per heavy atom. The summed E-state index contributed by atoms with van der Waals surface area (Å²) in [5.74, 6) is -1.23. The third-order valence-electron chi connectivity index (χ3n) is 6.61. The van der Waals surface area contributed by atoms with Crippen molar-refractivity contribution >= 4 is 67.9 Å². The second-order valence-electron chi connectivity index (χ2n) is 11.6. The molecule has 1 aromatic carbocycles. The van der Waals surface area contributed by atoms with Gasteiger partial charge in [0.1, 0.15) is 17.2 Å². The summed E-state index contributed by atoms with van der Waals surface area (Å²) in [5, 5.41) is 0.875. The molecule has 47 heavy (non-hydrogen) atoms. The van der Waals surface area contributed by atoms with Crippen LogP contribution in [0.25, 0.3) is 11.2 Å². The fourth-order valence-electron chi connectivity index (χ4n) is 4.38. The monoisotopic (exact) mass is 678 g/mol. The fraction of sp³-hybridized carbons (Fsp3) is 0.375. The van der Waals surface area contributed by atoms with Crippen LogP contribution in [-0.4, -0.2) is 67.7 Å². The van der Waals surface area contributed by atoms with Crippen LogP contribution in [0.2, 0.25) is 0 Å². The zero-order valence-corrected chi connectivity index (χ0v) is 28.3.